The van der Waals surface area contributed by atoms with Crippen molar-refractivity contribution in [1.82, 2.24) is 9.80 Å². The highest BCUT2D eigenvalue weighted by molar-refractivity contribution is 9.09. The molecule has 4 amide bonds. The SMILES string of the molecule is C=CCc1cccc(C2C3=CCC4C(=O)N(CCC)C(=O)C4C3CC3(Cl)C(=O)N(CBr)C(=O)C23Cl)c1O. The lowest BCUT2D eigenvalue weighted by atomic mass is 9.56. The zero-order valence-electron chi connectivity index (χ0n) is 20.3. The number of phenolic OH excluding ortho intramolecular Hbond substituents is 1. The van der Waals surface area contributed by atoms with Crippen molar-refractivity contribution in [3.8, 4) is 5.75 Å². The molecule has 2 aliphatic heterocycles. The van der Waals surface area contributed by atoms with Crippen LogP contribution in [0.3, 0.4) is 0 Å². The second kappa shape index (κ2) is 9.24. The number of allylic oxidation sites excluding steroid dienone is 3. The maximum absolute atomic E-state index is 13.8. The van der Waals surface area contributed by atoms with E-state index < -0.39 is 45.2 Å². The molecule has 2 saturated heterocycles. The van der Waals surface area contributed by atoms with Gasteiger partial charge in [0.15, 0.2) is 9.75 Å². The molecule has 3 fully saturated rings. The summed E-state index contributed by atoms with van der Waals surface area (Å²) < 4.78 is 0. The van der Waals surface area contributed by atoms with Crippen LogP contribution in [0.15, 0.2) is 42.5 Å². The highest BCUT2D eigenvalue weighted by Crippen LogP contribution is 2.66. The molecule has 0 radical (unpaired) electrons. The molecule has 1 aromatic carbocycles. The van der Waals surface area contributed by atoms with Gasteiger partial charge in [0, 0.05) is 18.0 Å². The number of hydrogen-bond donors (Lipinski definition) is 1. The fourth-order valence-electron chi connectivity index (χ4n) is 6.77. The summed E-state index contributed by atoms with van der Waals surface area (Å²) in [6.45, 7) is 5.96. The molecule has 0 bridgehead atoms. The number of aromatic hydroxyl groups is 1. The molecule has 196 valence electrons. The van der Waals surface area contributed by atoms with E-state index >= 15 is 0 Å². The third-order valence-corrected chi connectivity index (χ3v) is 10.3. The van der Waals surface area contributed by atoms with Gasteiger partial charge in [0.1, 0.15) is 5.75 Å². The largest absolute Gasteiger partial charge is 0.507 e. The van der Waals surface area contributed by atoms with E-state index in [1.165, 1.54) is 4.90 Å². The van der Waals surface area contributed by atoms with Crippen molar-refractivity contribution in [2.75, 3.05) is 12.0 Å². The third kappa shape index (κ3) is 3.37. The summed E-state index contributed by atoms with van der Waals surface area (Å²) in [6.07, 6.45) is 4.76. The van der Waals surface area contributed by atoms with Gasteiger partial charge in [-0.2, -0.15) is 0 Å². The number of nitrogens with zero attached hydrogens (tertiary/aromatic N) is 2. The summed E-state index contributed by atoms with van der Waals surface area (Å²) in [7, 11) is 0. The van der Waals surface area contributed by atoms with E-state index in [1.54, 1.807) is 24.3 Å². The fraction of sp³-hybridized carbons (Fsp3) is 0.481. The third-order valence-electron chi connectivity index (χ3n) is 8.38. The minimum atomic E-state index is -1.94. The summed E-state index contributed by atoms with van der Waals surface area (Å²) in [4.78, 5) is 52.6. The Morgan fingerprint density at radius 2 is 1.86 bits per heavy atom. The number of benzene rings is 1. The summed E-state index contributed by atoms with van der Waals surface area (Å²) in [6, 6.07) is 5.16. The van der Waals surface area contributed by atoms with Gasteiger partial charge in [-0.05, 0) is 37.2 Å². The van der Waals surface area contributed by atoms with Crippen molar-refractivity contribution in [1.29, 1.82) is 0 Å². The van der Waals surface area contributed by atoms with Gasteiger partial charge in [0.05, 0.1) is 17.3 Å². The molecule has 6 atom stereocenters. The number of phenols is 1. The lowest BCUT2D eigenvalue weighted by Crippen LogP contribution is -2.60. The van der Waals surface area contributed by atoms with Crippen LogP contribution in [0.2, 0.25) is 0 Å². The van der Waals surface area contributed by atoms with E-state index in [9.17, 15) is 24.3 Å². The van der Waals surface area contributed by atoms with Crippen molar-refractivity contribution in [2.24, 2.45) is 17.8 Å². The van der Waals surface area contributed by atoms with Gasteiger partial charge in [0.25, 0.3) is 11.8 Å². The lowest BCUT2D eigenvalue weighted by molar-refractivity contribution is -0.141. The molecular weight excluding hydrogens is 583 g/mol. The van der Waals surface area contributed by atoms with Gasteiger partial charge >= 0.3 is 0 Å². The van der Waals surface area contributed by atoms with E-state index in [4.69, 9.17) is 23.2 Å². The van der Waals surface area contributed by atoms with Gasteiger partial charge in [0.2, 0.25) is 11.8 Å². The van der Waals surface area contributed by atoms with Crippen molar-refractivity contribution in [3.05, 3.63) is 53.6 Å². The number of halogens is 3. The minimum absolute atomic E-state index is 0.0610. The molecule has 0 spiro atoms. The first-order valence-electron chi connectivity index (χ1n) is 12.3. The molecule has 4 aliphatic rings. The molecule has 1 N–H and O–H groups in total. The predicted octanol–water partition coefficient (Wildman–Crippen LogP) is 4.24. The summed E-state index contributed by atoms with van der Waals surface area (Å²) in [5.41, 5.74) is 1.50. The van der Waals surface area contributed by atoms with Crippen LogP contribution in [-0.4, -0.2) is 60.3 Å². The molecule has 10 heteroatoms. The molecule has 37 heavy (non-hydrogen) atoms. The Morgan fingerprint density at radius 3 is 2.51 bits per heavy atom. The number of para-hydroxylation sites is 1. The van der Waals surface area contributed by atoms with Gasteiger partial charge < -0.3 is 5.11 Å². The van der Waals surface area contributed by atoms with Crippen molar-refractivity contribution >= 4 is 62.8 Å². The summed E-state index contributed by atoms with van der Waals surface area (Å²) in [5.74, 6) is -4.73. The van der Waals surface area contributed by atoms with Crippen molar-refractivity contribution in [2.45, 2.75) is 48.3 Å². The second-order valence-corrected chi connectivity index (χ2v) is 11.9. The van der Waals surface area contributed by atoms with E-state index in [0.29, 0.717) is 42.5 Å². The van der Waals surface area contributed by atoms with Gasteiger partial charge in [-0.1, -0.05) is 58.8 Å². The highest BCUT2D eigenvalue weighted by atomic mass is 79.9. The zero-order valence-corrected chi connectivity index (χ0v) is 23.4. The Morgan fingerprint density at radius 1 is 1.14 bits per heavy atom. The first-order chi connectivity index (χ1) is 17.6. The molecule has 0 aromatic heterocycles. The van der Waals surface area contributed by atoms with Crippen LogP contribution in [0.4, 0.5) is 0 Å². The molecule has 6 unspecified atom stereocenters. The number of fused-ring (bicyclic) bond motifs is 4. The monoisotopic (exact) mass is 608 g/mol. The van der Waals surface area contributed by atoms with Gasteiger partial charge in [-0.25, -0.2) is 0 Å². The summed E-state index contributed by atoms with van der Waals surface area (Å²) >= 11 is 17.6. The first-order valence-corrected chi connectivity index (χ1v) is 14.2. The molecule has 1 aromatic rings. The topological polar surface area (TPSA) is 95.0 Å². The number of carbonyl (C=O) groups excluding carboxylic acids is 4. The number of rotatable bonds is 6. The van der Waals surface area contributed by atoms with E-state index in [-0.39, 0.29) is 29.4 Å². The van der Waals surface area contributed by atoms with Crippen molar-refractivity contribution < 1.29 is 24.3 Å². The van der Waals surface area contributed by atoms with Crippen LogP contribution < -0.4 is 0 Å². The van der Waals surface area contributed by atoms with E-state index in [0.717, 1.165) is 4.90 Å². The smallest absolute Gasteiger partial charge is 0.254 e. The highest BCUT2D eigenvalue weighted by Gasteiger charge is 2.76. The van der Waals surface area contributed by atoms with Crippen molar-refractivity contribution in [3.63, 3.8) is 0 Å². The number of amides is 4. The molecule has 7 nitrogen and oxygen atoms in total. The molecular formula is C27H27BrCl2N2O5. The van der Waals surface area contributed by atoms with Gasteiger partial charge in [-0.3, -0.25) is 29.0 Å². The predicted molar refractivity (Wildman–Crippen MR) is 142 cm³/mol. The number of hydrogen-bond acceptors (Lipinski definition) is 5. The zero-order chi connectivity index (χ0) is 26.9. The van der Waals surface area contributed by atoms with Crippen LogP contribution in [0, 0.1) is 17.8 Å². The first kappa shape index (κ1) is 26.4. The Labute approximate surface area is 233 Å². The summed E-state index contributed by atoms with van der Waals surface area (Å²) in [5, 5.41) is 11.3. The Bertz CT molecular complexity index is 1270. The Balaban J connectivity index is 1.74. The maximum Gasteiger partial charge on any atom is 0.254 e. The molecule has 5 rings (SSSR count). The average molecular weight is 610 g/mol. The van der Waals surface area contributed by atoms with E-state index in [1.807, 2.05) is 13.0 Å². The number of imide groups is 2. The number of carbonyl (C=O) groups is 4. The number of likely N-dealkylation sites (tertiary alicyclic amines) is 2. The van der Waals surface area contributed by atoms with Crippen LogP contribution >= 0.6 is 39.1 Å². The Kier molecular flexibility index (Phi) is 6.61. The molecule has 2 aliphatic carbocycles. The maximum atomic E-state index is 13.8. The lowest BCUT2D eigenvalue weighted by Gasteiger charge is -2.50. The minimum Gasteiger partial charge on any atom is -0.507 e. The van der Waals surface area contributed by atoms with Crippen LogP contribution in [0.1, 0.15) is 43.2 Å². The quantitative estimate of drug-likeness (QED) is 0.225. The van der Waals surface area contributed by atoms with E-state index in [2.05, 4.69) is 22.5 Å². The average Bonchev–Trinajstić information content (AvgIpc) is 3.19. The standard InChI is InChI=1S/C27H27BrCl2N2O5/c1-3-6-14-7-5-8-17(21(14)33)20-15-9-10-16-19(23(35)31(11-4-2)22(16)34)18(15)12-26(29)24(36)32(13-28)25(37)27(20,26)30/h3,5,7-9,16,18-20,33H,1,4,6,10-13H2,2H3. The number of alkyl halides is 3. The molecule has 1 saturated carbocycles. The van der Waals surface area contributed by atoms with Crippen LogP contribution in [0.25, 0.3) is 0 Å². The fourth-order valence-corrected chi connectivity index (χ4v) is 8.19. The van der Waals surface area contributed by atoms with Gasteiger partial charge in [-0.15, -0.1) is 29.8 Å². The molecule has 2 heterocycles. The Hall–Kier alpha value is -2.16. The normalized spacial score (nSPS) is 34.9. The second-order valence-electron chi connectivity index (χ2n) is 10.2. The van der Waals surface area contributed by atoms with Crippen LogP contribution in [0.5, 0.6) is 5.75 Å². The van der Waals surface area contributed by atoms with Crippen LogP contribution in [-0.2, 0) is 25.6 Å².